The van der Waals surface area contributed by atoms with Gasteiger partial charge in [-0.2, -0.15) is 4.31 Å². The number of morpholine rings is 1. The Morgan fingerprint density at radius 1 is 1.45 bits per heavy atom. The molecule has 3 heterocycles. The molecule has 1 unspecified atom stereocenters. The van der Waals surface area contributed by atoms with E-state index in [1.165, 1.54) is 8.71 Å². The van der Waals surface area contributed by atoms with Crippen molar-refractivity contribution in [1.29, 1.82) is 0 Å². The van der Waals surface area contributed by atoms with E-state index in [4.69, 9.17) is 10.5 Å². The summed E-state index contributed by atoms with van der Waals surface area (Å²) < 4.78 is 33.8. The lowest BCUT2D eigenvalue weighted by molar-refractivity contribution is 0.0101. The summed E-state index contributed by atoms with van der Waals surface area (Å²) in [6.45, 7) is 2.88. The van der Waals surface area contributed by atoms with E-state index in [9.17, 15) is 8.42 Å². The molecule has 3 rings (SSSR count). The lowest BCUT2D eigenvalue weighted by Gasteiger charge is -2.30. The smallest absolute Gasteiger partial charge is 0.263 e. The van der Waals surface area contributed by atoms with Crippen molar-refractivity contribution in [2.75, 3.05) is 25.4 Å². The number of pyridine rings is 1. The quantitative estimate of drug-likeness (QED) is 0.862. The second-order valence-electron chi connectivity index (χ2n) is 4.78. The number of aromatic nitrogens is 2. The lowest BCUT2D eigenvalue weighted by Crippen LogP contribution is -2.44. The van der Waals surface area contributed by atoms with Crippen LogP contribution in [-0.4, -0.2) is 47.9 Å². The number of fused-ring (bicyclic) bond motifs is 1. The first-order chi connectivity index (χ1) is 9.50. The molecule has 0 aliphatic carbocycles. The monoisotopic (exact) mass is 296 g/mol. The largest absolute Gasteiger partial charge is 0.381 e. The number of nitrogens with two attached hydrogens (primary N) is 1. The van der Waals surface area contributed by atoms with E-state index in [0.717, 1.165) is 0 Å². The third kappa shape index (κ3) is 2.05. The van der Waals surface area contributed by atoms with E-state index in [1.807, 2.05) is 6.92 Å². The zero-order valence-electron chi connectivity index (χ0n) is 11.1. The van der Waals surface area contributed by atoms with Crippen LogP contribution in [0.25, 0.3) is 5.65 Å². The average molecular weight is 296 g/mol. The average Bonchev–Trinajstić information content (AvgIpc) is 2.75. The van der Waals surface area contributed by atoms with E-state index < -0.39 is 10.0 Å². The van der Waals surface area contributed by atoms with Gasteiger partial charge in [-0.3, -0.25) is 4.40 Å². The zero-order chi connectivity index (χ0) is 14.3. The van der Waals surface area contributed by atoms with Crippen molar-refractivity contribution in [3.63, 3.8) is 0 Å². The molecule has 7 nitrogen and oxygen atoms in total. The van der Waals surface area contributed by atoms with Gasteiger partial charge < -0.3 is 10.5 Å². The van der Waals surface area contributed by atoms with Crippen molar-refractivity contribution in [3.8, 4) is 0 Å². The predicted octanol–water partition coefficient (Wildman–Crippen LogP) is 0.326. The number of sulfonamides is 1. The van der Waals surface area contributed by atoms with Gasteiger partial charge in [-0.05, 0) is 19.1 Å². The molecule has 1 atom stereocenters. The van der Waals surface area contributed by atoms with Crippen LogP contribution in [0.15, 0.2) is 29.4 Å². The fourth-order valence-corrected chi connectivity index (χ4v) is 4.05. The molecule has 0 saturated carbocycles. The first-order valence-corrected chi connectivity index (χ1v) is 7.78. The maximum atomic E-state index is 12.8. The highest BCUT2D eigenvalue weighted by molar-refractivity contribution is 7.89. The third-order valence-electron chi connectivity index (χ3n) is 3.30. The first kappa shape index (κ1) is 13.3. The minimum atomic E-state index is -3.68. The van der Waals surface area contributed by atoms with E-state index in [1.54, 1.807) is 24.4 Å². The number of imidazole rings is 1. The summed E-state index contributed by atoms with van der Waals surface area (Å²) in [4.78, 5) is 4.10. The van der Waals surface area contributed by atoms with Crippen molar-refractivity contribution < 1.29 is 13.2 Å². The molecule has 0 spiro atoms. The van der Waals surface area contributed by atoms with E-state index >= 15 is 0 Å². The van der Waals surface area contributed by atoms with Gasteiger partial charge in [-0.15, -0.1) is 0 Å². The summed E-state index contributed by atoms with van der Waals surface area (Å²) in [5, 5.41) is 0.0298. The Kier molecular flexibility index (Phi) is 3.15. The molecule has 0 radical (unpaired) electrons. The molecule has 1 aliphatic heterocycles. The molecular weight excluding hydrogens is 280 g/mol. The van der Waals surface area contributed by atoms with Crippen molar-refractivity contribution in [1.82, 2.24) is 13.7 Å². The Hall–Kier alpha value is -1.64. The predicted molar refractivity (Wildman–Crippen MR) is 73.8 cm³/mol. The van der Waals surface area contributed by atoms with E-state index in [2.05, 4.69) is 4.98 Å². The molecule has 2 aromatic rings. The lowest BCUT2D eigenvalue weighted by atomic mass is 10.3. The maximum Gasteiger partial charge on any atom is 0.263 e. The van der Waals surface area contributed by atoms with Crippen LogP contribution >= 0.6 is 0 Å². The standard InChI is InChI=1S/C12H16N4O3S/c1-9-8-15(6-7-19-9)20(17,18)12-11(13)14-10-4-2-3-5-16(10)12/h2-5,9H,6-8,13H2,1H3. The summed E-state index contributed by atoms with van der Waals surface area (Å²) in [6, 6.07) is 5.25. The van der Waals surface area contributed by atoms with Crippen LogP contribution in [0.4, 0.5) is 5.82 Å². The van der Waals surface area contributed by atoms with Gasteiger partial charge in [0.1, 0.15) is 5.65 Å². The highest BCUT2D eigenvalue weighted by Crippen LogP contribution is 2.25. The number of anilines is 1. The summed E-state index contributed by atoms with van der Waals surface area (Å²) in [5.74, 6) is 0.0235. The number of nitrogen functional groups attached to an aromatic ring is 1. The Morgan fingerprint density at radius 2 is 2.25 bits per heavy atom. The van der Waals surface area contributed by atoms with Gasteiger partial charge in [0, 0.05) is 19.3 Å². The van der Waals surface area contributed by atoms with Gasteiger partial charge in [0.15, 0.2) is 10.8 Å². The number of nitrogens with zero attached hydrogens (tertiary/aromatic N) is 3. The normalized spacial score (nSPS) is 21.4. The minimum Gasteiger partial charge on any atom is -0.381 e. The van der Waals surface area contributed by atoms with Gasteiger partial charge in [0.2, 0.25) is 0 Å². The Morgan fingerprint density at radius 3 is 3.00 bits per heavy atom. The number of ether oxygens (including phenoxy) is 1. The molecule has 1 fully saturated rings. The van der Waals surface area contributed by atoms with Crippen molar-refractivity contribution in [2.24, 2.45) is 0 Å². The van der Waals surface area contributed by atoms with Crippen LogP contribution < -0.4 is 5.73 Å². The van der Waals surface area contributed by atoms with Gasteiger partial charge >= 0.3 is 0 Å². The van der Waals surface area contributed by atoms with Crippen molar-refractivity contribution in [2.45, 2.75) is 18.1 Å². The van der Waals surface area contributed by atoms with Crippen LogP contribution in [0, 0.1) is 0 Å². The molecular formula is C12H16N4O3S. The highest BCUT2D eigenvalue weighted by Gasteiger charge is 2.33. The molecule has 0 bridgehead atoms. The molecule has 2 aromatic heterocycles. The Balaban J connectivity index is 2.11. The molecule has 0 aromatic carbocycles. The Bertz CT molecular complexity index is 740. The maximum absolute atomic E-state index is 12.8. The summed E-state index contributed by atoms with van der Waals surface area (Å²) >= 11 is 0. The fourth-order valence-electron chi connectivity index (χ4n) is 2.38. The van der Waals surface area contributed by atoms with E-state index in [0.29, 0.717) is 25.3 Å². The summed E-state index contributed by atoms with van der Waals surface area (Å²) in [5.41, 5.74) is 6.33. The Labute approximate surface area is 117 Å². The van der Waals surface area contributed by atoms with Crippen molar-refractivity contribution >= 4 is 21.5 Å². The highest BCUT2D eigenvalue weighted by atomic mass is 32.2. The molecule has 1 saturated heterocycles. The van der Waals surface area contributed by atoms with Gasteiger partial charge in [-0.25, -0.2) is 13.4 Å². The van der Waals surface area contributed by atoms with Crippen LogP contribution in [0.3, 0.4) is 0 Å². The number of hydrogen-bond donors (Lipinski definition) is 1. The summed E-state index contributed by atoms with van der Waals surface area (Å²) in [7, 11) is -3.68. The minimum absolute atomic E-state index is 0.0235. The van der Waals surface area contributed by atoms with Crippen LogP contribution in [0.1, 0.15) is 6.92 Å². The molecule has 20 heavy (non-hydrogen) atoms. The molecule has 8 heteroatoms. The zero-order valence-corrected chi connectivity index (χ0v) is 11.9. The second-order valence-corrected chi connectivity index (χ2v) is 6.63. The van der Waals surface area contributed by atoms with Gasteiger partial charge in [-0.1, -0.05) is 6.07 Å². The van der Waals surface area contributed by atoms with Gasteiger partial charge in [0.05, 0.1) is 12.7 Å². The van der Waals surface area contributed by atoms with Crippen molar-refractivity contribution in [3.05, 3.63) is 24.4 Å². The fraction of sp³-hybridized carbons (Fsp3) is 0.417. The summed E-state index contributed by atoms with van der Waals surface area (Å²) in [6.07, 6.45) is 1.52. The van der Waals surface area contributed by atoms with Gasteiger partial charge in [0.25, 0.3) is 10.0 Å². The number of rotatable bonds is 2. The first-order valence-electron chi connectivity index (χ1n) is 6.34. The molecule has 108 valence electrons. The molecule has 0 amide bonds. The van der Waals surface area contributed by atoms with Crippen LogP contribution in [0.5, 0.6) is 0 Å². The molecule has 1 aliphatic rings. The number of hydrogen-bond acceptors (Lipinski definition) is 5. The topological polar surface area (TPSA) is 89.9 Å². The van der Waals surface area contributed by atoms with E-state index in [-0.39, 0.29) is 16.9 Å². The second kappa shape index (κ2) is 4.72. The molecule has 2 N–H and O–H groups in total. The van der Waals surface area contributed by atoms with Crippen LogP contribution in [-0.2, 0) is 14.8 Å². The third-order valence-corrected chi connectivity index (χ3v) is 5.21. The van der Waals surface area contributed by atoms with Crippen LogP contribution in [0.2, 0.25) is 0 Å². The SMILES string of the molecule is CC1CN(S(=O)(=O)c2c(N)nc3ccccn23)CCO1.